The van der Waals surface area contributed by atoms with Gasteiger partial charge in [0.25, 0.3) is 0 Å². The Morgan fingerprint density at radius 2 is 2.00 bits per heavy atom. The van der Waals surface area contributed by atoms with Crippen molar-refractivity contribution in [2.75, 3.05) is 13.7 Å². The van der Waals surface area contributed by atoms with Gasteiger partial charge >= 0.3 is 11.9 Å². The van der Waals surface area contributed by atoms with Gasteiger partial charge in [-0.1, -0.05) is 19.4 Å². The van der Waals surface area contributed by atoms with Crippen LogP contribution < -0.4 is 5.46 Å². The van der Waals surface area contributed by atoms with Gasteiger partial charge in [0.1, 0.15) is 19.2 Å². The first kappa shape index (κ1) is 15.1. The first-order valence-corrected chi connectivity index (χ1v) is 6.10. The number of benzene rings is 1. The van der Waals surface area contributed by atoms with Gasteiger partial charge in [0.2, 0.25) is 0 Å². The standard InChI is InChI=1S/C13H17BO5/c1-3-4-5-19-13(17)9-6-8(12(16)18-2)7-10(14)11(9)15/h6-7,15H,3-5,14H2,1-2H3. The van der Waals surface area contributed by atoms with Gasteiger partial charge in [-0.05, 0) is 17.9 Å². The molecule has 0 radical (unpaired) electrons. The van der Waals surface area contributed by atoms with E-state index >= 15 is 0 Å². The molecule has 0 heterocycles. The summed E-state index contributed by atoms with van der Waals surface area (Å²) in [6, 6.07) is 2.74. The molecule has 19 heavy (non-hydrogen) atoms. The molecule has 0 bridgehead atoms. The zero-order valence-electron chi connectivity index (χ0n) is 11.4. The van der Waals surface area contributed by atoms with Gasteiger partial charge in [-0.2, -0.15) is 0 Å². The average molecular weight is 264 g/mol. The molecule has 1 aromatic carbocycles. The zero-order chi connectivity index (χ0) is 14.4. The lowest BCUT2D eigenvalue weighted by molar-refractivity contribution is 0.0496. The zero-order valence-corrected chi connectivity index (χ0v) is 11.4. The molecule has 0 atom stereocenters. The van der Waals surface area contributed by atoms with Crippen LogP contribution in [0.25, 0.3) is 0 Å². The Morgan fingerprint density at radius 1 is 1.32 bits per heavy atom. The Bertz CT molecular complexity index is 484. The molecule has 0 saturated heterocycles. The van der Waals surface area contributed by atoms with E-state index in [1.807, 2.05) is 6.92 Å². The van der Waals surface area contributed by atoms with Crippen LogP contribution in [-0.2, 0) is 9.47 Å². The molecule has 0 saturated carbocycles. The Hall–Kier alpha value is -1.98. The fourth-order valence-electron chi connectivity index (χ4n) is 1.56. The fraction of sp³-hybridized carbons (Fsp3) is 0.385. The van der Waals surface area contributed by atoms with Crippen LogP contribution in [0.3, 0.4) is 0 Å². The van der Waals surface area contributed by atoms with Crippen LogP contribution in [0.15, 0.2) is 12.1 Å². The Labute approximate surface area is 112 Å². The molecule has 1 N–H and O–H groups in total. The normalized spacial score (nSPS) is 10.0. The highest BCUT2D eigenvalue weighted by Crippen LogP contribution is 2.18. The Balaban J connectivity index is 3.01. The van der Waals surface area contributed by atoms with E-state index in [9.17, 15) is 14.7 Å². The molecule has 1 aromatic rings. The van der Waals surface area contributed by atoms with E-state index in [2.05, 4.69) is 4.74 Å². The predicted octanol–water partition coefficient (Wildman–Crippen LogP) is 0.394. The molecule has 0 aliphatic rings. The molecule has 1 rings (SSSR count). The maximum Gasteiger partial charge on any atom is 0.341 e. The van der Waals surface area contributed by atoms with Crippen molar-refractivity contribution in [1.29, 1.82) is 0 Å². The number of rotatable bonds is 5. The smallest absolute Gasteiger partial charge is 0.341 e. The van der Waals surface area contributed by atoms with Crippen molar-refractivity contribution in [2.45, 2.75) is 19.8 Å². The molecular formula is C13H17BO5. The van der Waals surface area contributed by atoms with Crippen LogP contribution in [0.4, 0.5) is 0 Å². The fourth-order valence-corrected chi connectivity index (χ4v) is 1.56. The molecule has 0 amide bonds. The summed E-state index contributed by atoms with van der Waals surface area (Å²) in [5.74, 6) is -1.38. The molecule has 0 spiro atoms. The number of ether oxygens (including phenoxy) is 2. The van der Waals surface area contributed by atoms with Crippen LogP contribution in [0.5, 0.6) is 5.75 Å². The third-order valence-corrected chi connectivity index (χ3v) is 2.67. The number of carbonyl (C=O) groups excluding carboxylic acids is 2. The lowest BCUT2D eigenvalue weighted by Crippen LogP contribution is -2.16. The molecule has 5 nitrogen and oxygen atoms in total. The highest BCUT2D eigenvalue weighted by atomic mass is 16.5. The number of carbonyl (C=O) groups is 2. The third kappa shape index (κ3) is 3.74. The van der Waals surface area contributed by atoms with Crippen molar-refractivity contribution >= 4 is 25.2 Å². The number of aromatic hydroxyl groups is 1. The summed E-state index contributed by atoms with van der Waals surface area (Å²) in [7, 11) is 2.86. The molecule has 102 valence electrons. The van der Waals surface area contributed by atoms with Gasteiger partial charge in [-0.25, -0.2) is 9.59 Å². The molecule has 6 heteroatoms. The second-order valence-corrected chi connectivity index (χ2v) is 4.17. The highest BCUT2D eigenvalue weighted by molar-refractivity contribution is 6.35. The Kier molecular flexibility index (Phi) is 5.42. The van der Waals surface area contributed by atoms with Gasteiger partial charge in [-0.15, -0.1) is 0 Å². The molecule has 0 aliphatic carbocycles. The van der Waals surface area contributed by atoms with Crippen molar-refractivity contribution < 1.29 is 24.2 Å². The predicted molar refractivity (Wildman–Crippen MR) is 72.8 cm³/mol. The van der Waals surface area contributed by atoms with Gasteiger partial charge in [0.15, 0.2) is 0 Å². The van der Waals surface area contributed by atoms with Gasteiger partial charge in [-0.3, -0.25) is 0 Å². The minimum Gasteiger partial charge on any atom is -0.508 e. The van der Waals surface area contributed by atoms with Crippen LogP contribution in [0.1, 0.15) is 40.5 Å². The number of methoxy groups -OCH3 is 1. The van der Waals surface area contributed by atoms with Gasteiger partial charge in [0.05, 0.1) is 19.3 Å². The topological polar surface area (TPSA) is 72.8 Å². The second-order valence-electron chi connectivity index (χ2n) is 4.17. The van der Waals surface area contributed by atoms with E-state index in [1.54, 1.807) is 7.85 Å². The first-order valence-electron chi connectivity index (χ1n) is 6.10. The van der Waals surface area contributed by atoms with E-state index in [0.717, 1.165) is 12.8 Å². The minimum absolute atomic E-state index is 0.0171. The van der Waals surface area contributed by atoms with E-state index in [-0.39, 0.29) is 23.5 Å². The van der Waals surface area contributed by atoms with Crippen LogP contribution in [0.2, 0.25) is 0 Å². The van der Waals surface area contributed by atoms with E-state index in [0.29, 0.717) is 5.46 Å². The lowest BCUT2D eigenvalue weighted by Gasteiger charge is -2.10. The number of hydrogen-bond acceptors (Lipinski definition) is 5. The molecular weight excluding hydrogens is 247 g/mol. The van der Waals surface area contributed by atoms with Crippen molar-refractivity contribution in [1.82, 2.24) is 0 Å². The summed E-state index contributed by atoms with van der Waals surface area (Å²) in [5.41, 5.74) is 0.613. The van der Waals surface area contributed by atoms with E-state index in [4.69, 9.17) is 4.74 Å². The largest absolute Gasteiger partial charge is 0.508 e. The van der Waals surface area contributed by atoms with Gasteiger partial charge < -0.3 is 14.6 Å². The van der Waals surface area contributed by atoms with Crippen LogP contribution in [-0.4, -0.2) is 38.6 Å². The lowest BCUT2D eigenvalue weighted by atomic mass is 9.90. The van der Waals surface area contributed by atoms with E-state index in [1.165, 1.54) is 19.2 Å². The molecule has 0 fully saturated rings. The monoisotopic (exact) mass is 264 g/mol. The molecule has 0 aromatic heterocycles. The number of hydrogen-bond donors (Lipinski definition) is 1. The third-order valence-electron chi connectivity index (χ3n) is 2.67. The minimum atomic E-state index is -0.639. The van der Waals surface area contributed by atoms with E-state index < -0.39 is 11.9 Å². The number of esters is 2. The van der Waals surface area contributed by atoms with Crippen molar-refractivity contribution in [3.05, 3.63) is 23.3 Å². The van der Waals surface area contributed by atoms with Crippen molar-refractivity contribution in [3.63, 3.8) is 0 Å². The summed E-state index contributed by atoms with van der Waals surface area (Å²) in [6.07, 6.45) is 1.66. The van der Waals surface area contributed by atoms with Crippen molar-refractivity contribution in [3.8, 4) is 5.75 Å². The number of phenols is 1. The first-order chi connectivity index (χ1) is 9.01. The molecule has 0 unspecified atom stereocenters. The Morgan fingerprint density at radius 3 is 2.58 bits per heavy atom. The summed E-state index contributed by atoms with van der Waals surface area (Å²) < 4.78 is 9.61. The number of phenolic OH excluding ortho intramolecular Hbond substituents is 1. The number of unbranched alkanes of at least 4 members (excludes halogenated alkanes) is 1. The maximum atomic E-state index is 11.8. The summed E-state index contributed by atoms with van der Waals surface area (Å²) in [4.78, 5) is 23.3. The van der Waals surface area contributed by atoms with Crippen molar-refractivity contribution in [2.24, 2.45) is 0 Å². The SMILES string of the molecule is Bc1cc(C(=O)OC)cc(C(=O)OCCCC)c1O. The summed E-state index contributed by atoms with van der Waals surface area (Å²) in [6.45, 7) is 2.27. The van der Waals surface area contributed by atoms with Gasteiger partial charge in [0, 0.05) is 0 Å². The van der Waals surface area contributed by atoms with Crippen LogP contribution >= 0.6 is 0 Å². The maximum absolute atomic E-state index is 11.8. The average Bonchev–Trinajstić information content (AvgIpc) is 2.40. The highest BCUT2D eigenvalue weighted by Gasteiger charge is 2.18. The quantitative estimate of drug-likeness (QED) is 0.473. The molecule has 0 aliphatic heterocycles. The summed E-state index contributed by atoms with van der Waals surface area (Å²) >= 11 is 0. The summed E-state index contributed by atoms with van der Waals surface area (Å²) in [5, 5.41) is 9.85. The van der Waals surface area contributed by atoms with Crippen LogP contribution in [0, 0.1) is 0 Å². The second kappa shape index (κ2) is 6.82.